The Morgan fingerprint density at radius 1 is 1.19 bits per heavy atom. The number of hydrogen-bond acceptors (Lipinski definition) is 2. The maximum absolute atomic E-state index is 13.1. The van der Waals surface area contributed by atoms with Crippen LogP contribution in [0.1, 0.15) is 34.3 Å². The van der Waals surface area contributed by atoms with Gasteiger partial charge in [0.2, 0.25) is 5.91 Å². The summed E-state index contributed by atoms with van der Waals surface area (Å²) in [6, 6.07) is 13.3. The van der Waals surface area contributed by atoms with E-state index in [0.29, 0.717) is 25.1 Å². The summed E-state index contributed by atoms with van der Waals surface area (Å²) in [4.78, 5) is 28.1. The number of benzene rings is 2. The third kappa shape index (κ3) is 4.73. The summed E-state index contributed by atoms with van der Waals surface area (Å²) in [6.45, 7) is 1.72. The molecule has 27 heavy (non-hydrogen) atoms. The van der Waals surface area contributed by atoms with Crippen molar-refractivity contribution >= 4 is 11.8 Å². The highest BCUT2D eigenvalue weighted by molar-refractivity contribution is 5.94. The lowest BCUT2D eigenvalue weighted by Gasteiger charge is -2.21. The van der Waals surface area contributed by atoms with E-state index in [1.165, 1.54) is 12.1 Å². The smallest absolute Gasteiger partial charge is 0.254 e. The molecule has 138 valence electrons. The van der Waals surface area contributed by atoms with Crippen molar-refractivity contribution in [3.8, 4) is 12.3 Å². The summed E-state index contributed by atoms with van der Waals surface area (Å²) in [5.41, 5.74) is 2.24. The van der Waals surface area contributed by atoms with Gasteiger partial charge in [0.25, 0.3) is 5.91 Å². The van der Waals surface area contributed by atoms with E-state index in [2.05, 4.69) is 5.92 Å². The lowest BCUT2D eigenvalue weighted by atomic mass is 10.1. The molecular weight excluding hydrogens is 343 g/mol. The fraction of sp³-hybridized carbons (Fsp3) is 0.273. The summed E-state index contributed by atoms with van der Waals surface area (Å²) < 4.78 is 13.1. The molecule has 4 nitrogen and oxygen atoms in total. The summed E-state index contributed by atoms with van der Waals surface area (Å²) in [6.07, 6.45) is 6.90. The highest BCUT2D eigenvalue weighted by Crippen LogP contribution is 2.17. The number of terminal acetylenes is 1. The van der Waals surface area contributed by atoms with E-state index < -0.39 is 0 Å². The van der Waals surface area contributed by atoms with Crippen LogP contribution in [-0.2, 0) is 17.9 Å². The molecule has 2 aromatic rings. The van der Waals surface area contributed by atoms with Crippen molar-refractivity contribution in [2.24, 2.45) is 0 Å². The summed E-state index contributed by atoms with van der Waals surface area (Å²) >= 11 is 0. The van der Waals surface area contributed by atoms with Gasteiger partial charge in [-0.05, 0) is 41.8 Å². The van der Waals surface area contributed by atoms with E-state index in [1.807, 2.05) is 18.2 Å². The molecular formula is C22H21FN2O2. The second-order valence-electron chi connectivity index (χ2n) is 6.61. The van der Waals surface area contributed by atoms with Crippen LogP contribution in [0, 0.1) is 18.2 Å². The Morgan fingerprint density at radius 2 is 1.96 bits per heavy atom. The van der Waals surface area contributed by atoms with E-state index in [-0.39, 0.29) is 24.2 Å². The van der Waals surface area contributed by atoms with E-state index >= 15 is 0 Å². The van der Waals surface area contributed by atoms with Crippen molar-refractivity contribution in [1.29, 1.82) is 0 Å². The van der Waals surface area contributed by atoms with Gasteiger partial charge in [-0.25, -0.2) is 4.39 Å². The number of hydrogen-bond donors (Lipinski definition) is 0. The van der Waals surface area contributed by atoms with Crippen LogP contribution in [0.2, 0.25) is 0 Å². The van der Waals surface area contributed by atoms with E-state index in [1.54, 1.807) is 28.0 Å². The van der Waals surface area contributed by atoms with Gasteiger partial charge in [-0.3, -0.25) is 9.59 Å². The monoisotopic (exact) mass is 364 g/mol. The van der Waals surface area contributed by atoms with E-state index in [9.17, 15) is 14.0 Å². The van der Waals surface area contributed by atoms with Gasteiger partial charge >= 0.3 is 0 Å². The van der Waals surface area contributed by atoms with Crippen molar-refractivity contribution in [2.45, 2.75) is 25.9 Å². The van der Waals surface area contributed by atoms with Crippen LogP contribution in [0.5, 0.6) is 0 Å². The summed E-state index contributed by atoms with van der Waals surface area (Å²) in [5.74, 6) is 2.15. The average Bonchev–Trinajstić information content (AvgIpc) is 3.07. The molecule has 0 atom stereocenters. The molecule has 2 amide bonds. The lowest BCUT2D eigenvalue weighted by Crippen LogP contribution is -2.31. The van der Waals surface area contributed by atoms with Crippen molar-refractivity contribution < 1.29 is 14.0 Å². The molecule has 5 heteroatoms. The van der Waals surface area contributed by atoms with Gasteiger partial charge < -0.3 is 9.80 Å². The van der Waals surface area contributed by atoms with Crippen molar-refractivity contribution in [3.05, 3.63) is 71.0 Å². The molecule has 0 unspecified atom stereocenters. The number of halogens is 1. The quantitative estimate of drug-likeness (QED) is 0.739. The number of likely N-dealkylation sites (tertiary alicyclic amines) is 1. The van der Waals surface area contributed by atoms with Gasteiger partial charge in [0, 0.05) is 31.6 Å². The lowest BCUT2D eigenvalue weighted by molar-refractivity contribution is -0.128. The third-order valence-corrected chi connectivity index (χ3v) is 4.57. The van der Waals surface area contributed by atoms with Gasteiger partial charge in [0.1, 0.15) is 5.82 Å². The summed E-state index contributed by atoms with van der Waals surface area (Å²) in [5, 5.41) is 0. The zero-order valence-electron chi connectivity index (χ0n) is 15.0. The number of rotatable bonds is 6. The molecule has 0 spiro atoms. The number of carbonyl (C=O) groups excluding carboxylic acids is 2. The molecule has 1 aliphatic heterocycles. The predicted molar refractivity (Wildman–Crippen MR) is 101 cm³/mol. The first kappa shape index (κ1) is 18.7. The van der Waals surface area contributed by atoms with Crippen molar-refractivity contribution in [2.75, 3.05) is 13.1 Å². The SMILES string of the molecule is C#CCN(Cc1ccc(F)cc1)C(=O)c1cccc(CN2CCCC2=O)c1. The predicted octanol–water partition coefficient (Wildman–Crippen LogP) is 3.22. The Morgan fingerprint density at radius 3 is 2.63 bits per heavy atom. The van der Waals surface area contributed by atoms with Crippen LogP contribution in [-0.4, -0.2) is 34.7 Å². The normalized spacial score (nSPS) is 13.5. The first-order valence-corrected chi connectivity index (χ1v) is 8.90. The summed E-state index contributed by atoms with van der Waals surface area (Å²) in [7, 11) is 0. The molecule has 3 rings (SSSR count). The maximum atomic E-state index is 13.1. The molecule has 1 fully saturated rings. The Labute approximate surface area is 158 Å². The third-order valence-electron chi connectivity index (χ3n) is 4.57. The molecule has 2 aromatic carbocycles. The van der Waals surface area contributed by atoms with Crippen LogP contribution in [0.25, 0.3) is 0 Å². The van der Waals surface area contributed by atoms with Crippen LogP contribution >= 0.6 is 0 Å². The maximum Gasteiger partial charge on any atom is 0.254 e. The zero-order chi connectivity index (χ0) is 19.2. The highest BCUT2D eigenvalue weighted by atomic mass is 19.1. The van der Waals surface area contributed by atoms with Crippen LogP contribution in [0.15, 0.2) is 48.5 Å². The Hall–Kier alpha value is -3.13. The fourth-order valence-corrected chi connectivity index (χ4v) is 3.20. The first-order valence-electron chi connectivity index (χ1n) is 8.90. The molecule has 0 radical (unpaired) electrons. The average molecular weight is 364 g/mol. The molecule has 0 bridgehead atoms. The standard InChI is InChI=1S/C22H21FN2O2/c1-2-12-25(15-17-8-10-20(23)11-9-17)22(27)19-6-3-5-18(14-19)16-24-13-4-7-21(24)26/h1,3,5-6,8-11,14H,4,7,12-13,15-16H2. The molecule has 0 N–H and O–H groups in total. The van der Waals surface area contributed by atoms with Crippen molar-refractivity contribution in [3.63, 3.8) is 0 Å². The Bertz CT molecular complexity index is 871. The number of amides is 2. The fourth-order valence-electron chi connectivity index (χ4n) is 3.20. The molecule has 0 aromatic heterocycles. The minimum atomic E-state index is -0.322. The van der Waals surface area contributed by atoms with Gasteiger partial charge in [-0.15, -0.1) is 6.42 Å². The van der Waals surface area contributed by atoms with Crippen LogP contribution in [0.3, 0.4) is 0 Å². The molecule has 0 aliphatic carbocycles. The number of carbonyl (C=O) groups is 2. The molecule has 1 heterocycles. The second kappa shape index (κ2) is 8.50. The van der Waals surface area contributed by atoms with Gasteiger partial charge in [-0.1, -0.05) is 30.2 Å². The van der Waals surface area contributed by atoms with E-state index in [4.69, 9.17) is 6.42 Å². The topological polar surface area (TPSA) is 40.6 Å². The van der Waals surface area contributed by atoms with Crippen LogP contribution < -0.4 is 0 Å². The molecule has 1 aliphatic rings. The van der Waals surface area contributed by atoms with E-state index in [0.717, 1.165) is 24.1 Å². The Kier molecular flexibility index (Phi) is 5.87. The van der Waals surface area contributed by atoms with Crippen LogP contribution in [0.4, 0.5) is 4.39 Å². The van der Waals surface area contributed by atoms with Crippen molar-refractivity contribution in [1.82, 2.24) is 9.80 Å². The largest absolute Gasteiger partial charge is 0.338 e. The van der Waals surface area contributed by atoms with Gasteiger partial charge in [0.05, 0.1) is 6.54 Å². The molecule has 0 saturated carbocycles. The highest BCUT2D eigenvalue weighted by Gasteiger charge is 2.21. The zero-order valence-corrected chi connectivity index (χ0v) is 15.0. The Balaban J connectivity index is 1.75. The van der Waals surface area contributed by atoms with Gasteiger partial charge in [-0.2, -0.15) is 0 Å². The molecule has 1 saturated heterocycles. The minimum absolute atomic E-state index is 0.150. The second-order valence-corrected chi connectivity index (χ2v) is 6.61. The first-order chi connectivity index (χ1) is 13.1. The number of nitrogens with zero attached hydrogens (tertiary/aromatic N) is 2. The van der Waals surface area contributed by atoms with Gasteiger partial charge in [0.15, 0.2) is 0 Å². The minimum Gasteiger partial charge on any atom is -0.338 e.